The summed E-state index contributed by atoms with van der Waals surface area (Å²) in [5, 5.41) is 13.6. The molecular weight excluding hydrogens is 250 g/mol. The Kier molecular flexibility index (Phi) is 3.30. The monoisotopic (exact) mass is 261 g/mol. The summed E-state index contributed by atoms with van der Waals surface area (Å²) < 4.78 is 1.42. The summed E-state index contributed by atoms with van der Waals surface area (Å²) in [6, 6.07) is 3.93. The van der Waals surface area contributed by atoms with Crippen molar-refractivity contribution in [2.75, 3.05) is 0 Å². The van der Waals surface area contributed by atoms with Gasteiger partial charge in [-0.15, -0.1) is 0 Å². The van der Waals surface area contributed by atoms with Gasteiger partial charge in [0.15, 0.2) is 5.15 Å². The van der Waals surface area contributed by atoms with E-state index in [0.717, 1.165) is 11.4 Å². The molecule has 2 rings (SSSR count). The summed E-state index contributed by atoms with van der Waals surface area (Å²) in [6.07, 6.45) is 0.639. The molecule has 0 aliphatic heterocycles. The van der Waals surface area contributed by atoms with Crippen LogP contribution in [0.1, 0.15) is 29.6 Å². The Morgan fingerprint density at radius 1 is 1.33 bits per heavy atom. The Morgan fingerprint density at radius 2 is 1.94 bits per heavy atom. The van der Waals surface area contributed by atoms with Gasteiger partial charge in [0.2, 0.25) is 0 Å². The number of hydrogen-bond acceptors (Lipinski definition) is 4. The summed E-state index contributed by atoms with van der Waals surface area (Å²) >= 11 is 6.15. The third-order valence-corrected chi connectivity index (χ3v) is 2.86. The first-order valence-corrected chi connectivity index (χ1v) is 5.94. The fraction of sp³-hybridized carbons (Fsp3) is 0.333. The molecule has 5 nitrogen and oxygen atoms in total. The van der Waals surface area contributed by atoms with Crippen LogP contribution in [0.2, 0.25) is 5.15 Å². The zero-order valence-corrected chi connectivity index (χ0v) is 11.2. The van der Waals surface area contributed by atoms with E-state index >= 15 is 0 Å². The van der Waals surface area contributed by atoms with Crippen molar-refractivity contribution < 1.29 is 0 Å². The average molecular weight is 262 g/mol. The van der Waals surface area contributed by atoms with Gasteiger partial charge in [-0.25, -0.2) is 9.97 Å². The highest BCUT2D eigenvalue weighted by atomic mass is 35.5. The van der Waals surface area contributed by atoms with Gasteiger partial charge in [-0.1, -0.05) is 18.5 Å². The normalized spacial score (nSPS) is 10.4. The Bertz CT molecular complexity index is 618. The SMILES string of the molecule is CCc1nn(-c2nc(C)cc(C)n2)c(Cl)c1C#N. The molecule has 2 aromatic heterocycles. The van der Waals surface area contributed by atoms with Crippen LogP contribution in [-0.2, 0) is 6.42 Å². The van der Waals surface area contributed by atoms with Crippen LogP contribution >= 0.6 is 11.6 Å². The van der Waals surface area contributed by atoms with Gasteiger partial charge in [0, 0.05) is 11.4 Å². The standard InChI is InChI=1S/C12H12ClN5/c1-4-10-9(6-14)11(13)18(17-10)12-15-7(2)5-8(3)16-12/h5H,4H2,1-3H3. The predicted octanol–water partition coefficient (Wildman–Crippen LogP) is 2.37. The van der Waals surface area contributed by atoms with E-state index in [1.807, 2.05) is 26.8 Å². The molecule has 0 aliphatic rings. The van der Waals surface area contributed by atoms with Crippen molar-refractivity contribution in [3.63, 3.8) is 0 Å². The first kappa shape index (κ1) is 12.5. The van der Waals surface area contributed by atoms with Gasteiger partial charge in [-0.3, -0.25) is 0 Å². The minimum atomic E-state index is 0.263. The van der Waals surface area contributed by atoms with E-state index in [-0.39, 0.29) is 5.15 Å². The lowest BCUT2D eigenvalue weighted by Crippen LogP contribution is -2.05. The summed E-state index contributed by atoms with van der Waals surface area (Å²) in [7, 11) is 0. The molecule has 0 radical (unpaired) electrons. The fourth-order valence-electron chi connectivity index (χ4n) is 1.73. The van der Waals surface area contributed by atoms with Crippen molar-refractivity contribution in [2.24, 2.45) is 0 Å². The van der Waals surface area contributed by atoms with Crippen LogP contribution < -0.4 is 0 Å². The minimum absolute atomic E-state index is 0.263. The lowest BCUT2D eigenvalue weighted by Gasteiger charge is -2.03. The van der Waals surface area contributed by atoms with Crippen LogP contribution in [0.3, 0.4) is 0 Å². The van der Waals surface area contributed by atoms with Gasteiger partial charge in [-0.05, 0) is 26.3 Å². The summed E-state index contributed by atoms with van der Waals surface area (Å²) in [6.45, 7) is 5.68. The van der Waals surface area contributed by atoms with Gasteiger partial charge >= 0.3 is 0 Å². The Labute approximate surface area is 110 Å². The van der Waals surface area contributed by atoms with E-state index in [1.54, 1.807) is 0 Å². The molecule has 18 heavy (non-hydrogen) atoms. The second-order valence-corrected chi connectivity index (χ2v) is 4.30. The smallest absolute Gasteiger partial charge is 0.216 e. The maximum Gasteiger partial charge on any atom is 0.252 e. The van der Waals surface area contributed by atoms with Crippen LogP contribution in [0.25, 0.3) is 5.95 Å². The third kappa shape index (κ3) is 2.07. The lowest BCUT2D eigenvalue weighted by molar-refractivity contribution is 0.774. The number of aryl methyl sites for hydroxylation is 3. The van der Waals surface area contributed by atoms with Crippen LogP contribution in [-0.4, -0.2) is 19.7 Å². The second kappa shape index (κ2) is 4.75. The van der Waals surface area contributed by atoms with Crippen LogP contribution in [0.5, 0.6) is 0 Å². The van der Waals surface area contributed by atoms with E-state index in [0.29, 0.717) is 23.6 Å². The van der Waals surface area contributed by atoms with Crippen molar-refractivity contribution >= 4 is 11.6 Å². The van der Waals surface area contributed by atoms with Gasteiger partial charge < -0.3 is 0 Å². The van der Waals surface area contributed by atoms with Crippen molar-refractivity contribution in [2.45, 2.75) is 27.2 Å². The van der Waals surface area contributed by atoms with Gasteiger partial charge in [-0.2, -0.15) is 15.0 Å². The molecule has 0 amide bonds. The second-order valence-electron chi connectivity index (χ2n) is 3.94. The van der Waals surface area contributed by atoms with Gasteiger partial charge in [0.1, 0.15) is 11.6 Å². The molecule has 2 aromatic rings. The zero-order chi connectivity index (χ0) is 13.3. The maximum absolute atomic E-state index is 9.07. The Balaban J connectivity index is 2.65. The number of hydrogen-bond donors (Lipinski definition) is 0. The van der Waals surface area contributed by atoms with Crippen molar-refractivity contribution in [3.05, 3.63) is 33.9 Å². The molecule has 0 saturated carbocycles. The fourth-order valence-corrected chi connectivity index (χ4v) is 2.00. The highest BCUT2D eigenvalue weighted by Crippen LogP contribution is 2.22. The molecule has 0 saturated heterocycles. The summed E-state index contributed by atoms with van der Waals surface area (Å²) in [4.78, 5) is 8.57. The molecule has 0 N–H and O–H groups in total. The van der Waals surface area contributed by atoms with Crippen LogP contribution in [0.4, 0.5) is 0 Å². The summed E-state index contributed by atoms with van der Waals surface area (Å²) in [5.74, 6) is 0.397. The highest BCUT2D eigenvalue weighted by molar-refractivity contribution is 6.31. The van der Waals surface area contributed by atoms with E-state index in [2.05, 4.69) is 21.1 Å². The molecule has 0 bridgehead atoms. The van der Waals surface area contributed by atoms with Crippen molar-refractivity contribution in [1.82, 2.24) is 19.7 Å². The molecule has 0 spiro atoms. The van der Waals surface area contributed by atoms with E-state index in [9.17, 15) is 0 Å². The molecule has 0 unspecified atom stereocenters. The Hall–Kier alpha value is -1.93. The first-order chi connectivity index (χ1) is 8.56. The Morgan fingerprint density at radius 3 is 2.39 bits per heavy atom. The topological polar surface area (TPSA) is 67.4 Å². The molecule has 2 heterocycles. The number of rotatable bonds is 2. The largest absolute Gasteiger partial charge is 0.252 e. The number of halogens is 1. The zero-order valence-electron chi connectivity index (χ0n) is 10.4. The van der Waals surface area contributed by atoms with E-state index < -0.39 is 0 Å². The van der Waals surface area contributed by atoms with Crippen LogP contribution in [0, 0.1) is 25.2 Å². The number of nitriles is 1. The van der Waals surface area contributed by atoms with Gasteiger partial charge in [0.25, 0.3) is 5.95 Å². The molecule has 0 aromatic carbocycles. The van der Waals surface area contributed by atoms with Crippen molar-refractivity contribution in [3.8, 4) is 12.0 Å². The molecule has 92 valence electrons. The maximum atomic E-state index is 9.07. The predicted molar refractivity (Wildman–Crippen MR) is 67.7 cm³/mol. The quantitative estimate of drug-likeness (QED) is 0.832. The average Bonchev–Trinajstić information content (AvgIpc) is 2.64. The third-order valence-electron chi connectivity index (χ3n) is 2.51. The highest BCUT2D eigenvalue weighted by Gasteiger charge is 2.17. The van der Waals surface area contributed by atoms with Crippen molar-refractivity contribution in [1.29, 1.82) is 5.26 Å². The molecule has 0 aliphatic carbocycles. The number of aromatic nitrogens is 4. The molecule has 0 fully saturated rings. The molecule has 6 heteroatoms. The van der Waals surface area contributed by atoms with E-state index in [4.69, 9.17) is 16.9 Å². The number of nitrogens with zero attached hydrogens (tertiary/aromatic N) is 5. The summed E-state index contributed by atoms with van der Waals surface area (Å²) in [5.41, 5.74) is 2.72. The lowest BCUT2D eigenvalue weighted by atomic mass is 10.2. The first-order valence-electron chi connectivity index (χ1n) is 5.57. The molecular formula is C12H12ClN5. The van der Waals surface area contributed by atoms with Gasteiger partial charge in [0.05, 0.1) is 5.69 Å². The minimum Gasteiger partial charge on any atom is -0.216 e. The van der Waals surface area contributed by atoms with E-state index in [1.165, 1.54) is 4.68 Å². The van der Waals surface area contributed by atoms with Crippen LogP contribution in [0.15, 0.2) is 6.07 Å². The molecule has 0 atom stereocenters.